The third-order valence-corrected chi connectivity index (χ3v) is 4.77. The summed E-state index contributed by atoms with van der Waals surface area (Å²) in [5.41, 5.74) is 4.53. The fraction of sp³-hybridized carbons (Fsp3) is 0.0417. The van der Waals surface area contributed by atoms with Gasteiger partial charge in [-0.15, -0.1) is 0 Å². The summed E-state index contributed by atoms with van der Waals surface area (Å²) in [5, 5.41) is 3.14. The van der Waals surface area contributed by atoms with Crippen LogP contribution in [0, 0.1) is 12.7 Å². The van der Waals surface area contributed by atoms with Crippen LogP contribution in [0.1, 0.15) is 5.69 Å². The first kappa shape index (κ1) is 18.7. The van der Waals surface area contributed by atoms with Crippen molar-refractivity contribution in [1.82, 2.24) is 19.9 Å². The zero-order chi connectivity index (χ0) is 21.2. The van der Waals surface area contributed by atoms with Gasteiger partial charge in [-0.25, -0.2) is 14.4 Å². The number of benzene rings is 2. The zero-order valence-corrected chi connectivity index (χ0v) is 16.6. The molecule has 0 fully saturated rings. The highest BCUT2D eigenvalue weighted by atomic mass is 19.1. The normalized spacial score (nSPS) is 10.9. The van der Waals surface area contributed by atoms with E-state index in [9.17, 15) is 4.39 Å². The monoisotopic (exact) mass is 411 g/mol. The van der Waals surface area contributed by atoms with Crippen molar-refractivity contribution in [2.24, 2.45) is 0 Å². The van der Waals surface area contributed by atoms with E-state index in [1.165, 1.54) is 6.07 Å². The molecule has 5 aromatic rings. The Balaban J connectivity index is 1.36. The number of nitrogens with one attached hydrogen (secondary N) is 2. The molecule has 0 spiro atoms. The van der Waals surface area contributed by atoms with Crippen molar-refractivity contribution in [2.45, 2.75) is 6.92 Å². The predicted octanol–water partition coefficient (Wildman–Crippen LogP) is 6.00. The van der Waals surface area contributed by atoms with Crippen LogP contribution in [0.5, 0.6) is 11.6 Å². The van der Waals surface area contributed by atoms with Gasteiger partial charge in [-0.05, 0) is 73.2 Å². The van der Waals surface area contributed by atoms with Crippen LogP contribution in [0.3, 0.4) is 0 Å². The predicted molar refractivity (Wildman–Crippen MR) is 118 cm³/mol. The summed E-state index contributed by atoms with van der Waals surface area (Å²) in [5.74, 6) is 1.27. The van der Waals surface area contributed by atoms with Gasteiger partial charge in [-0.1, -0.05) is 6.07 Å². The molecule has 0 aliphatic rings. The van der Waals surface area contributed by atoms with Crippen LogP contribution < -0.4 is 10.1 Å². The van der Waals surface area contributed by atoms with E-state index < -0.39 is 0 Å². The lowest BCUT2D eigenvalue weighted by Gasteiger charge is -2.11. The molecule has 0 atom stereocenters. The molecule has 3 heterocycles. The molecule has 0 aliphatic heterocycles. The van der Waals surface area contributed by atoms with Crippen LogP contribution in [-0.4, -0.2) is 19.9 Å². The molecule has 2 N–H and O–H groups in total. The number of imidazole rings is 1. The third-order valence-electron chi connectivity index (χ3n) is 4.77. The standard InChI is InChI=1S/C24H18FN5O/c1-15-14-16(11-13-26-15)19-4-3-12-27-23(19)31-18-9-7-17(8-10-18)28-24-29-21-6-2-5-20(25)22(21)30-24/h2-14H,1H3,(H2,28,29,30). The second-order valence-corrected chi connectivity index (χ2v) is 7.01. The summed E-state index contributed by atoms with van der Waals surface area (Å²) in [6, 6.07) is 20.0. The van der Waals surface area contributed by atoms with Crippen molar-refractivity contribution in [2.75, 3.05) is 5.32 Å². The minimum atomic E-state index is -0.360. The number of ether oxygens (including phenoxy) is 1. The first-order valence-electron chi connectivity index (χ1n) is 9.73. The van der Waals surface area contributed by atoms with Crippen molar-refractivity contribution in [3.05, 3.63) is 90.6 Å². The Morgan fingerprint density at radius 2 is 1.81 bits per heavy atom. The van der Waals surface area contributed by atoms with Gasteiger partial charge in [0.1, 0.15) is 11.3 Å². The average Bonchev–Trinajstić information content (AvgIpc) is 3.19. The average molecular weight is 411 g/mol. The fourth-order valence-corrected chi connectivity index (χ4v) is 3.32. The van der Waals surface area contributed by atoms with E-state index in [-0.39, 0.29) is 5.82 Å². The van der Waals surface area contributed by atoms with Crippen molar-refractivity contribution in [1.29, 1.82) is 0 Å². The topological polar surface area (TPSA) is 75.7 Å². The molecule has 0 unspecified atom stereocenters. The molecule has 3 aromatic heterocycles. The number of H-pyrrole nitrogens is 1. The van der Waals surface area contributed by atoms with E-state index in [2.05, 4.69) is 25.3 Å². The molecule has 0 saturated heterocycles. The Kier molecular flexibility index (Phi) is 4.76. The number of nitrogens with zero attached hydrogens (tertiary/aromatic N) is 3. The number of aryl methyl sites for hydroxylation is 1. The highest BCUT2D eigenvalue weighted by molar-refractivity contribution is 5.79. The minimum absolute atomic E-state index is 0.305. The first-order valence-corrected chi connectivity index (χ1v) is 9.73. The van der Waals surface area contributed by atoms with Gasteiger partial charge in [-0.3, -0.25) is 4.98 Å². The molecule has 6 nitrogen and oxygen atoms in total. The van der Waals surface area contributed by atoms with Crippen LogP contribution in [0.25, 0.3) is 22.2 Å². The Morgan fingerprint density at radius 3 is 2.61 bits per heavy atom. The van der Waals surface area contributed by atoms with Crippen molar-refractivity contribution in [3.63, 3.8) is 0 Å². The summed E-state index contributed by atoms with van der Waals surface area (Å²) in [4.78, 5) is 16.0. The maximum Gasteiger partial charge on any atom is 0.227 e. The maximum atomic E-state index is 13.8. The van der Waals surface area contributed by atoms with Crippen LogP contribution in [-0.2, 0) is 0 Å². The van der Waals surface area contributed by atoms with Gasteiger partial charge in [0.05, 0.1) is 5.52 Å². The van der Waals surface area contributed by atoms with Crippen LogP contribution >= 0.6 is 0 Å². The summed E-state index contributed by atoms with van der Waals surface area (Å²) in [7, 11) is 0. The second-order valence-electron chi connectivity index (χ2n) is 7.01. The van der Waals surface area contributed by atoms with Crippen LogP contribution in [0.2, 0.25) is 0 Å². The number of hydrogen-bond acceptors (Lipinski definition) is 5. The number of halogens is 1. The highest BCUT2D eigenvalue weighted by Gasteiger charge is 2.10. The molecular weight excluding hydrogens is 393 g/mol. The molecule has 0 saturated carbocycles. The third kappa shape index (κ3) is 3.93. The van der Waals surface area contributed by atoms with Crippen LogP contribution in [0.15, 0.2) is 79.1 Å². The van der Waals surface area contributed by atoms with E-state index in [1.54, 1.807) is 24.5 Å². The van der Waals surface area contributed by atoms with Crippen molar-refractivity contribution >= 4 is 22.7 Å². The minimum Gasteiger partial charge on any atom is -0.438 e. The van der Waals surface area contributed by atoms with Gasteiger partial charge in [0.15, 0.2) is 5.82 Å². The Hall–Kier alpha value is -4.26. The maximum absolute atomic E-state index is 13.8. The molecule has 0 amide bonds. The molecule has 2 aromatic carbocycles. The number of fused-ring (bicyclic) bond motifs is 1. The fourth-order valence-electron chi connectivity index (χ4n) is 3.32. The largest absolute Gasteiger partial charge is 0.438 e. The number of rotatable bonds is 5. The molecule has 5 rings (SSSR count). The van der Waals surface area contributed by atoms with Gasteiger partial charge in [0, 0.05) is 29.3 Å². The van der Waals surface area contributed by atoms with E-state index >= 15 is 0 Å². The molecule has 31 heavy (non-hydrogen) atoms. The van der Waals surface area contributed by atoms with E-state index in [0.29, 0.717) is 28.6 Å². The Labute approximate surface area is 177 Å². The lowest BCUT2D eigenvalue weighted by atomic mass is 10.1. The quantitative estimate of drug-likeness (QED) is 0.371. The molecule has 152 valence electrons. The Bertz CT molecular complexity index is 1360. The smallest absolute Gasteiger partial charge is 0.227 e. The number of aromatic amines is 1. The summed E-state index contributed by atoms with van der Waals surface area (Å²) in [6.07, 6.45) is 3.47. The van der Waals surface area contributed by atoms with Gasteiger partial charge < -0.3 is 15.0 Å². The van der Waals surface area contributed by atoms with Gasteiger partial charge >= 0.3 is 0 Å². The molecule has 0 radical (unpaired) electrons. The van der Waals surface area contributed by atoms with Gasteiger partial charge in [-0.2, -0.15) is 0 Å². The summed E-state index contributed by atoms with van der Waals surface area (Å²) in [6.45, 7) is 1.95. The Morgan fingerprint density at radius 1 is 0.935 bits per heavy atom. The second kappa shape index (κ2) is 7.87. The molecule has 7 heteroatoms. The summed E-state index contributed by atoms with van der Waals surface area (Å²) >= 11 is 0. The molecular formula is C24H18FN5O. The van der Waals surface area contributed by atoms with Gasteiger partial charge in [0.25, 0.3) is 0 Å². The molecule has 0 aliphatic carbocycles. The number of hydrogen-bond donors (Lipinski definition) is 2. The molecule has 0 bridgehead atoms. The van der Waals surface area contributed by atoms with Crippen LogP contribution in [0.4, 0.5) is 16.0 Å². The SMILES string of the molecule is Cc1cc(-c2cccnc2Oc2ccc(Nc3nc4c(F)cccc4[nH]3)cc2)ccn1. The lowest BCUT2D eigenvalue weighted by molar-refractivity contribution is 0.465. The summed E-state index contributed by atoms with van der Waals surface area (Å²) < 4.78 is 19.9. The number of anilines is 2. The van der Waals surface area contributed by atoms with E-state index in [1.807, 2.05) is 55.5 Å². The van der Waals surface area contributed by atoms with Crippen molar-refractivity contribution < 1.29 is 9.13 Å². The van der Waals surface area contributed by atoms with E-state index in [0.717, 1.165) is 22.5 Å². The number of para-hydroxylation sites is 1. The van der Waals surface area contributed by atoms with Gasteiger partial charge in [0.2, 0.25) is 11.8 Å². The highest BCUT2D eigenvalue weighted by Crippen LogP contribution is 2.32. The number of pyridine rings is 2. The van der Waals surface area contributed by atoms with E-state index in [4.69, 9.17) is 4.74 Å². The zero-order valence-electron chi connectivity index (χ0n) is 16.6. The lowest BCUT2D eigenvalue weighted by Crippen LogP contribution is -1.94. The number of aromatic nitrogens is 4. The van der Waals surface area contributed by atoms with Crippen molar-refractivity contribution in [3.8, 4) is 22.8 Å². The first-order chi connectivity index (χ1) is 15.2.